The SMILES string of the molecule is O=C(/C=C/C=C/C=C/c1ccc(CO)cc1)N1CCCCC1. The van der Waals surface area contributed by atoms with E-state index in [1.807, 2.05) is 53.5 Å². The largest absolute Gasteiger partial charge is 0.392 e. The van der Waals surface area contributed by atoms with Gasteiger partial charge in [0.25, 0.3) is 0 Å². The van der Waals surface area contributed by atoms with Crippen LogP contribution >= 0.6 is 0 Å². The highest BCUT2D eigenvalue weighted by Crippen LogP contribution is 2.09. The van der Waals surface area contributed by atoms with E-state index >= 15 is 0 Å². The highest BCUT2D eigenvalue weighted by Gasteiger charge is 2.12. The minimum Gasteiger partial charge on any atom is -0.392 e. The topological polar surface area (TPSA) is 40.5 Å². The zero-order valence-electron chi connectivity index (χ0n) is 12.8. The van der Waals surface area contributed by atoms with Crippen molar-refractivity contribution in [2.24, 2.45) is 0 Å². The van der Waals surface area contributed by atoms with Gasteiger partial charge < -0.3 is 10.0 Å². The molecule has 2 rings (SSSR count). The van der Waals surface area contributed by atoms with E-state index in [2.05, 4.69) is 0 Å². The monoisotopic (exact) mass is 297 g/mol. The van der Waals surface area contributed by atoms with Crippen LogP contribution in [-0.2, 0) is 11.4 Å². The minimum atomic E-state index is 0.0692. The van der Waals surface area contributed by atoms with Gasteiger partial charge in [-0.25, -0.2) is 0 Å². The number of carbonyl (C=O) groups is 1. The zero-order chi connectivity index (χ0) is 15.6. The molecule has 1 aliphatic heterocycles. The minimum absolute atomic E-state index is 0.0692. The molecule has 1 N–H and O–H groups in total. The van der Waals surface area contributed by atoms with Crippen LogP contribution in [0.1, 0.15) is 30.4 Å². The molecule has 0 aliphatic carbocycles. The number of piperidine rings is 1. The predicted molar refractivity (Wildman–Crippen MR) is 90.1 cm³/mol. The Kier molecular flexibility index (Phi) is 6.65. The number of carbonyl (C=O) groups excluding carboxylic acids is 1. The second-order valence-corrected chi connectivity index (χ2v) is 5.39. The quantitative estimate of drug-likeness (QED) is 0.669. The molecule has 3 nitrogen and oxygen atoms in total. The first-order valence-corrected chi connectivity index (χ1v) is 7.80. The number of hydrogen-bond donors (Lipinski definition) is 1. The summed E-state index contributed by atoms with van der Waals surface area (Å²) in [6.07, 6.45) is 14.6. The Labute approximate surface area is 132 Å². The van der Waals surface area contributed by atoms with Gasteiger partial charge in [0.15, 0.2) is 0 Å². The fourth-order valence-corrected chi connectivity index (χ4v) is 2.39. The first-order chi connectivity index (χ1) is 10.8. The van der Waals surface area contributed by atoms with Gasteiger partial charge in [-0.1, -0.05) is 54.6 Å². The number of amides is 1. The van der Waals surface area contributed by atoms with E-state index in [9.17, 15) is 4.79 Å². The highest BCUT2D eigenvalue weighted by molar-refractivity contribution is 5.87. The summed E-state index contributed by atoms with van der Waals surface area (Å²) in [5.74, 6) is 0.105. The maximum atomic E-state index is 11.9. The van der Waals surface area contributed by atoms with E-state index in [4.69, 9.17) is 5.11 Å². The Bertz CT molecular complexity index is 549. The summed E-state index contributed by atoms with van der Waals surface area (Å²) in [5, 5.41) is 8.97. The third-order valence-electron chi connectivity index (χ3n) is 3.69. The molecule has 3 heteroatoms. The zero-order valence-corrected chi connectivity index (χ0v) is 12.8. The maximum Gasteiger partial charge on any atom is 0.246 e. The molecular weight excluding hydrogens is 274 g/mol. The summed E-state index contributed by atoms with van der Waals surface area (Å²) < 4.78 is 0. The number of rotatable bonds is 5. The molecule has 0 saturated carbocycles. The summed E-state index contributed by atoms with van der Waals surface area (Å²) in [5.41, 5.74) is 1.99. The molecule has 1 fully saturated rings. The second kappa shape index (κ2) is 9.00. The number of allylic oxidation sites excluding steroid dienone is 4. The van der Waals surface area contributed by atoms with E-state index in [0.29, 0.717) is 0 Å². The Morgan fingerprint density at radius 2 is 1.68 bits per heavy atom. The summed E-state index contributed by atoms with van der Waals surface area (Å²) in [6.45, 7) is 1.84. The number of nitrogens with zero attached hydrogens (tertiary/aromatic N) is 1. The molecule has 1 aliphatic rings. The van der Waals surface area contributed by atoms with Crippen LogP contribution in [-0.4, -0.2) is 29.0 Å². The lowest BCUT2D eigenvalue weighted by atomic mass is 10.1. The lowest BCUT2D eigenvalue weighted by Gasteiger charge is -2.25. The van der Waals surface area contributed by atoms with Gasteiger partial charge in [-0.05, 0) is 30.4 Å². The van der Waals surface area contributed by atoms with Crippen molar-refractivity contribution in [3.8, 4) is 0 Å². The van der Waals surface area contributed by atoms with Crippen LogP contribution in [0, 0.1) is 0 Å². The van der Waals surface area contributed by atoms with E-state index in [-0.39, 0.29) is 12.5 Å². The van der Waals surface area contributed by atoms with Crippen LogP contribution in [0.5, 0.6) is 0 Å². The van der Waals surface area contributed by atoms with Gasteiger partial charge in [-0.15, -0.1) is 0 Å². The van der Waals surface area contributed by atoms with Crippen molar-refractivity contribution >= 4 is 12.0 Å². The van der Waals surface area contributed by atoms with Crippen molar-refractivity contribution < 1.29 is 9.90 Å². The van der Waals surface area contributed by atoms with Gasteiger partial charge >= 0.3 is 0 Å². The van der Waals surface area contributed by atoms with E-state index < -0.39 is 0 Å². The number of aliphatic hydroxyl groups is 1. The molecule has 1 aromatic carbocycles. The number of benzene rings is 1. The summed E-state index contributed by atoms with van der Waals surface area (Å²) in [6, 6.07) is 7.73. The standard InChI is InChI=1S/C19H23NO2/c21-16-18-12-10-17(11-13-18)8-4-1-2-5-9-19(22)20-14-6-3-7-15-20/h1-2,4-5,8-13,21H,3,6-7,14-16H2/b2-1+,8-4+,9-5+. The molecule has 116 valence electrons. The van der Waals surface area contributed by atoms with Crippen molar-refractivity contribution in [2.75, 3.05) is 13.1 Å². The Balaban J connectivity index is 1.77. The van der Waals surface area contributed by atoms with Crippen LogP contribution in [0.15, 0.2) is 54.6 Å². The first kappa shape index (κ1) is 16.2. The van der Waals surface area contributed by atoms with Crippen LogP contribution in [0.3, 0.4) is 0 Å². The van der Waals surface area contributed by atoms with Gasteiger partial charge in [0.05, 0.1) is 6.61 Å². The molecule has 0 atom stereocenters. The first-order valence-electron chi connectivity index (χ1n) is 7.80. The van der Waals surface area contributed by atoms with Gasteiger partial charge in [0.1, 0.15) is 0 Å². The van der Waals surface area contributed by atoms with E-state index in [1.165, 1.54) is 6.42 Å². The Hall–Kier alpha value is -2.13. The van der Waals surface area contributed by atoms with Crippen molar-refractivity contribution in [2.45, 2.75) is 25.9 Å². The van der Waals surface area contributed by atoms with Crippen LogP contribution in [0.4, 0.5) is 0 Å². The molecule has 0 bridgehead atoms. The molecule has 0 radical (unpaired) electrons. The average molecular weight is 297 g/mol. The summed E-state index contributed by atoms with van der Waals surface area (Å²) in [7, 11) is 0. The molecule has 0 spiro atoms. The third kappa shape index (κ3) is 5.34. The van der Waals surface area contributed by atoms with Gasteiger partial charge in [0.2, 0.25) is 5.91 Å². The van der Waals surface area contributed by atoms with Gasteiger partial charge in [0, 0.05) is 19.2 Å². The number of aliphatic hydroxyl groups excluding tert-OH is 1. The molecule has 1 saturated heterocycles. The second-order valence-electron chi connectivity index (χ2n) is 5.39. The van der Waals surface area contributed by atoms with E-state index in [1.54, 1.807) is 12.2 Å². The molecular formula is C19H23NO2. The average Bonchev–Trinajstić information content (AvgIpc) is 2.59. The van der Waals surface area contributed by atoms with Crippen LogP contribution in [0.25, 0.3) is 6.08 Å². The molecule has 0 aromatic heterocycles. The molecule has 1 amide bonds. The van der Waals surface area contributed by atoms with E-state index in [0.717, 1.165) is 37.1 Å². The van der Waals surface area contributed by atoms with Crippen molar-refractivity contribution in [3.05, 3.63) is 65.8 Å². The third-order valence-corrected chi connectivity index (χ3v) is 3.69. The van der Waals surface area contributed by atoms with Crippen LogP contribution < -0.4 is 0 Å². The molecule has 22 heavy (non-hydrogen) atoms. The number of hydrogen-bond acceptors (Lipinski definition) is 2. The number of likely N-dealkylation sites (tertiary alicyclic amines) is 1. The smallest absolute Gasteiger partial charge is 0.246 e. The Morgan fingerprint density at radius 1 is 1.00 bits per heavy atom. The van der Waals surface area contributed by atoms with Crippen molar-refractivity contribution in [3.63, 3.8) is 0 Å². The van der Waals surface area contributed by atoms with Gasteiger partial charge in [-0.3, -0.25) is 4.79 Å². The van der Waals surface area contributed by atoms with Crippen molar-refractivity contribution in [1.82, 2.24) is 4.90 Å². The predicted octanol–water partition coefficient (Wildman–Crippen LogP) is 3.32. The molecule has 0 unspecified atom stereocenters. The highest BCUT2D eigenvalue weighted by atomic mass is 16.3. The lowest BCUT2D eigenvalue weighted by molar-refractivity contribution is -0.126. The molecule has 1 heterocycles. The van der Waals surface area contributed by atoms with Gasteiger partial charge in [-0.2, -0.15) is 0 Å². The fraction of sp³-hybridized carbons (Fsp3) is 0.316. The maximum absolute atomic E-state index is 11.9. The summed E-state index contributed by atoms with van der Waals surface area (Å²) >= 11 is 0. The summed E-state index contributed by atoms with van der Waals surface area (Å²) in [4.78, 5) is 13.8. The molecule has 1 aromatic rings. The lowest BCUT2D eigenvalue weighted by Crippen LogP contribution is -2.34. The van der Waals surface area contributed by atoms with Crippen LogP contribution in [0.2, 0.25) is 0 Å². The fourth-order valence-electron chi connectivity index (χ4n) is 2.39. The Morgan fingerprint density at radius 3 is 2.36 bits per heavy atom. The van der Waals surface area contributed by atoms with Crippen molar-refractivity contribution in [1.29, 1.82) is 0 Å². The normalized spacial score (nSPS) is 16.1.